The number of carbonyl (C=O) groups is 1. The first kappa shape index (κ1) is 24.2. The van der Waals surface area contributed by atoms with Crippen LogP contribution in [0.5, 0.6) is 5.75 Å². The number of rotatable bonds is 6. The van der Waals surface area contributed by atoms with Crippen LogP contribution in [-0.4, -0.2) is 54.1 Å². The second-order valence-electron chi connectivity index (χ2n) is 8.03. The van der Waals surface area contributed by atoms with Gasteiger partial charge in [-0.2, -0.15) is 0 Å². The van der Waals surface area contributed by atoms with Crippen molar-refractivity contribution in [1.82, 2.24) is 10.2 Å². The molecule has 33 heavy (non-hydrogen) atoms. The lowest BCUT2D eigenvalue weighted by atomic mass is 10.0. The largest absolute Gasteiger partial charge is 0.496 e. The highest BCUT2D eigenvalue weighted by molar-refractivity contribution is 7.80. The van der Waals surface area contributed by atoms with Crippen molar-refractivity contribution < 1.29 is 14.5 Å². The lowest BCUT2D eigenvalue weighted by Gasteiger charge is -2.36. The smallest absolute Gasteiger partial charge is 0.296 e. The van der Waals surface area contributed by atoms with Gasteiger partial charge in [0, 0.05) is 32.3 Å². The zero-order chi connectivity index (χ0) is 24.0. The molecule has 8 nitrogen and oxygen atoms in total. The van der Waals surface area contributed by atoms with Gasteiger partial charge in [0.25, 0.3) is 5.69 Å². The summed E-state index contributed by atoms with van der Waals surface area (Å²) >= 11 is 5.40. The SMILES string of the molecule is COc1ccc(N2CCN(C(=S)NC(=O)/C=C/c3ccc(C(C)C)cc3)CC2)c([N+](=O)[O-])c1. The van der Waals surface area contributed by atoms with Gasteiger partial charge >= 0.3 is 0 Å². The number of hydrogen-bond acceptors (Lipinski definition) is 6. The predicted octanol–water partition coefficient (Wildman–Crippen LogP) is 3.96. The molecule has 0 aliphatic carbocycles. The van der Waals surface area contributed by atoms with Gasteiger partial charge in [-0.25, -0.2) is 0 Å². The Hall–Kier alpha value is -3.46. The Morgan fingerprint density at radius 3 is 2.39 bits per heavy atom. The van der Waals surface area contributed by atoms with Gasteiger partial charge in [-0.1, -0.05) is 38.1 Å². The Balaban J connectivity index is 1.54. The highest BCUT2D eigenvalue weighted by Gasteiger charge is 2.25. The van der Waals surface area contributed by atoms with Crippen molar-refractivity contribution in [3.63, 3.8) is 0 Å². The Labute approximate surface area is 199 Å². The Kier molecular flexibility index (Phi) is 8.00. The van der Waals surface area contributed by atoms with Crippen LogP contribution in [-0.2, 0) is 4.79 Å². The zero-order valence-corrected chi connectivity index (χ0v) is 19.8. The van der Waals surface area contributed by atoms with Crippen LogP contribution in [0.15, 0.2) is 48.5 Å². The van der Waals surface area contributed by atoms with Crippen molar-refractivity contribution in [3.05, 3.63) is 69.8 Å². The molecule has 0 atom stereocenters. The van der Waals surface area contributed by atoms with E-state index in [4.69, 9.17) is 17.0 Å². The summed E-state index contributed by atoms with van der Waals surface area (Å²) in [4.78, 5) is 27.2. The van der Waals surface area contributed by atoms with Gasteiger partial charge in [-0.15, -0.1) is 0 Å². The summed E-state index contributed by atoms with van der Waals surface area (Å²) in [6.45, 7) is 6.45. The van der Waals surface area contributed by atoms with Crippen LogP contribution in [0.2, 0.25) is 0 Å². The van der Waals surface area contributed by atoms with Crippen LogP contribution in [0.1, 0.15) is 30.9 Å². The summed E-state index contributed by atoms with van der Waals surface area (Å²) in [5.41, 5.74) is 2.74. The Morgan fingerprint density at radius 1 is 1.15 bits per heavy atom. The lowest BCUT2D eigenvalue weighted by molar-refractivity contribution is -0.384. The minimum atomic E-state index is -0.405. The van der Waals surface area contributed by atoms with E-state index in [1.807, 2.05) is 21.9 Å². The number of nitro benzene ring substituents is 1. The third-order valence-electron chi connectivity index (χ3n) is 5.55. The first-order valence-corrected chi connectivity index (χ1v) is 11.1. The van der Waals surface area contributed by atoms with Crippen LogP contribution in [0.25, 0.3) is 6.08 Å². The Bertz CT molecular complexity index is 1040. The maximum absolute atomic E-state index is 12.3. The molecule has 0 radical (unpaired) electrons. The summed E-state index contributed by atoms with van der Waals surface area (Å²) in [5, 5.41) is 14.6. The molecule has 1 fully saturated rings. The van der Waals surface area contributed by atoms with E-state index in [0.29, 0.717) is 48.6 Å². The number of benzene rings is 2. The molecule has 0 saturated carbocycles. The minimum Gasteiger partial charge on any atom is -0.496 e. The van der Waals surface area contributed by atoms with Gasteiger partial charge < -0.3 is 14.5 Å². The van der Waals surface area contributed by atoms with Gasteiger partial charge in [0.1, 0.15) is 11.4 Å². The normalized spacial score (nSPS) is 13.9. The van der Waals surface area contributed by atoms with Crippen LogP contribution in [0.4, 0.5) is 11.4 Å². The number of hydrogen-bond donors (Lipinski definition) is 1. The number of amides is 1. The molecular formula is C24H28N4O4S. The molecule has 0 spiro atoms. The van der Waals surface area contributed by atoms with E-state index in [1.165, 1.54) is 24.8 Å². The van der Waals surface area contributed by atoms with E-state index in [0.717, 1.165) is 5.56 Å². The Morgan fingerprint density at radius 2 is 1.82 bits per heavy atom. The van der Waals surface area contributed by atoms with Crippen LogP contribution >= 0.6 is 12.2 Å². The van der Waals surface area contributed by atoms with Crippen LogP contribution in [0.3, 0.4) is 0 Å². The van der Waals surface area contributed by atoms with Crippen molar-refractivity contribution in [2.45, 2.75) is 19.8 Å². The highest BCUT2D eigenvalue weighted by atomic mass is 32.1. The number of piperazine rings is 1. The number of carbonyl (C=O) groups excluding carboxylic acids is 1. The molecule has 3 rings (SSSR count). The summed E-state index contributed by atoms with van der Waals surface area (Å²) in [5.74, 6) is 0.609. The van der Waals surface area contributed by atoms with E-state index in [2.05, 4.69) is 31.3 Å². The van der Waals surface area contributed by atoms with Crippen molar-refractivity contribution in [2.75, 3.05) is 38.2 Å². The van der Waals surface area contributed by atoms with E-state index in [-0.39, 0.29) is 11.6 Å². The van der Waals surface area contributed by atoms with Gasteiger partial charge in [-0.05, 0) is 47.5 Å². The number of ether oxygens (including phenoxy) is 1. The number of methoxy groups -OCH3 is 1. The average molecular weight is 469 g/mol. The second kappa shape index (κ2) is 10.9. The number of thiocarbonyl (C=S) groups is 1. The molecule has 1 N–H and O–H groups in total. The molecule has 1 heterocycles. The van der Waals surface area contributed by atoms with E-state index >= 15 is 0 Å². The van der Waals surface area contributed by atoms with Crippen LogP contribution in [0, 0.1) is 10.1 Å². The molecule has 174 valence electrons. The van der Waals surface area contributed by atoms with Gasteiger partial charge in [-0.3, -0.25) is 20.2 Å². The standard InChI is InChI=1S/C24H28N4O4S/c1-17(2)19-7-4-18(5-8-19)6-11-23(29)25-24(33)27-14-12-26(13-15-27)21-10-9-20(32-3)16-22(21)28(30)31/h4-11,16-17H,12-15H2,1-3H3,(H,25,29,33)/b11-6+. The number of nitrogens with zero attached hydrogens (tertiary/aromatic N) is 3. The summed E-state index contributed by atoms with van der Waals surface area (Å²) in [6, 6.07) is 12.9. The molecule has 1 amide bonds. The molecular weight excluding hydrogens is 440 g/mol. The summed E-state index contributed by atoms with van der Waals surface area (Å²) < 4.78 is 5.10. The molecule has 1 aliphatic rings. The minimum absolute atomic E-state index is 0.00485. The molecule has 2 aromatic carbocycles. The number of nitro groups is 1. The van der Waals surface area contributed by atoms with Crippen molar-refractivity contribution in [1.29, 1.82) is 0 Å². The molecule has 2 aromatic rings. The molecule has 0 bridgehead atoms. The third-order valence-corrected chi connectivity index (χ3v) is 5.91. The fourth-order valence-corrected chi connectivity index (χ4v) is 3.87. The highest BCUT2D eigenvalue weighted by Crippen LogP contribution is 2.32. The molecule has 1 aliphatic heterocycles. The van der Waals surface area contributed by atoms with Crippen molar-refractivity contribution in [2.24, 2.45) is 0 Å². The maximum Gasteiger partial charge on any atom is 0.296 e. The monoisotopic (exact) mass is 468 g/mol. The van der Waals surface area contributed by atoms with Gasteiger partial charge in [0.05, 0.1) is 18.1 Å². The fourth-order valence-electron chi connectivity index (χ4n) is 3.58. The first-order chi connectivity index (χ1) is 15.8. The maximum atomic E-state index is 12.3. The quantitative estimate of drug-likeness (QED) is 0.297. The first-order valence-electron chi connectivity index (χ1n) is 10.7. The molecule has 0 unspecified atom stereocenters. The van der Waals surface area contributed by atoms with Crippen molar-refractivity contribution >= 4 is 40.7 Å². The average Bonchev–Trinajstić information content (AvgIpc) is 2.82. The van der Waals surface area contributed by atoms with Gasteiger partial charge in [0.2, 0.25) is 5.91 Å². The predicted molar refractivity (Wildman–Crippen MR) is 134 cm³/mol. The summed E-state index contributed by atoms with van der Waals surface area (Å²) in [6.07, 6.45) is 3.22. The molecule has 1 saturated heterocycles. The number of anilines is 1. The third kappa shape index (κ3) is 6.29. The molecule has 9 heteroatoms. The van der Waals surface area contributed by atoms with E-state index in [9.17, 15) is 14.9 Å². The van der Waals surface area contributed by atoms with Crippen LogP contribution < -0.4 is 15.0 Å². The summed E-state index contributed by atoms with van der Waals surface area (Å²) in [7, 11) is 1.48. The van der Waals surface area contributed by atoms with E-state index in [1.54, 1.807) is 18.2 Å². The number of nitrogens with one attached hydrogen (secondary N) is 1. The second-order valence-corrected chi connectivity index (χ2v) is 8.42. The fraction of sp³-hybridized carbons (Fsp3) is 0.333. The topological polar surface area (TPSA) is 88.0 Å². The lowest BCUT2D eigenvalue weighted by Crippen LogP contribution is -2.52. The van der Waals surface area contributed by atoms with Crippen molar-refractivity contribution in [3.8, 4) is 5.75 Å². The van der Waals surface area contributed by atoms with E-state index < -0.39 is 4.92 Å². The molecule has 0 aromatic heterocycles. The van der Waals surface area contributed by atoms with Gasteiger partial charge in [0.15, 0.2) is 5.11 Å². The zero-order valence-electron chi connectivity index (χ0n) is 19.0.